The summed E-state index contributed by atoms with van der Waals surface area (Å²) in [5.41, 5.74) is 0. The van der Waals surface area contributed by atoms with Crippen molar-refractivity contribution in [2.75, 3.05) is 0 Å². The van der Waals surface area contributed by atoms with Gasteiger partial charge in [-0.05, 0) is 6.42 Å². The van der Waals surface area contributed by atoms with Crippen LogP contribution in [0.1, 0.15) is 58.3 Å². The molecule has 0 fully saturated rings. The van der Waals surface area contributed by atoms with Gasteiger partial charge >= 0.3 is 0 Å². The van der Waals surface area contributed by atoms with Crippen molar-refractivity contribution in [2.45, 2.75) is 58.3 Å². The molecule has 0 spiro atoms. The SMILES string of the molecule is CCCCCCCCCC#CO. The Balaban J connectivity index is 2.84. The molecule has 1 N–H and O–H groups in total. The van der Waals surface area contributed by atoms with Crippen LogP contribution < -0.4 is 0 Å². The number of aliphatic hydroxyl groups is 1. The molecule has 0 aliphatic heterocycles. The zero-order valence-electron chi connectivity index (χ0n) is 8.10. The number of unbranched alkanes of at least 4 members (excludes halogenated alkanes) is 7. The maximum Gasteiger partial charge on any atom is 0.107 e. The fourth-order valence-corrected chi connectivity index (χ4v) is 1.23. The summed E-state index contributed by atoms with van der Waals surface area (Å²) in [4.78, 5) is 0. The molecule has 0 aromatic carbocycles. The van der Waals surface area contributed by atoms with Crippen LogP contribution in [0.4, 0.5) is 0 Å². The van der Waals surface area contributed by atoms with Gasteiger partial charge in [0.1, 0.15) is 6.11 Å². The van der Waals surface area contributed by atoms with E-state index < -0.39 is 0 Å². The fraction of sp³-hybridized carbons (Fsp3) is 0.818. The van der Waals surface area contributed by atoms with Crippen molar-refractivity contribution in [1.29, 1.82) is 0 Å². The Hall–Kier alpha value is -0.640. The summed E-state index contributed by atoms with van der Waals surface area (Å²) in [6.07, 6.45) is 11.9. The minimum atomic E-state index is 0.851. The topological polar surface area (TPSA) is 20.2 Å². The van der Waals surface area contributed by atoms with Crippen molar-refractivity contribution in [3.05, 3.63) is 0 Å². The quantitative estimate of drug-likeness (QED) is 0.456. The zero-order valence-corrected chi connectivity index (χ0v) is 8.10. The number of hydrogen-bond donors (Lipinski definition) is 1. The van der Waals surface area contributed by atoms with E-state index in [0.717, 1.165) is 12.8 Å². The number of aliphatic hydroxyl groups excluding tert-OH is 1. The Morgan fingerprint density at radius 1 is 0.917 bits per heavy atom. The minimum absolute atomic E-state index is 0.851. The third kappa shape index (κ3) is 9.36. The summed E-state index contributed by atoms with van der Waals surface area (Å²) in [5, 5.41) is 8.18. The highest BCUT2D eigenvalue weighted by Gasteiger charge is 1.88. The van der Waals surface area contributed by atoms with Gasteiger partial charge in [0.25, 0.3) is 0 Å². The second kappa shape index (κ2) is 10.4. The first-order chi connectivity index (χ1) is 5.91. The van der Waals surface area contributed by atoms with E-state index in [-0.39, 0.29) is 0 Å². The third-order valence-electron chi connectivity index (χ3n) is 1.98. The molecule has 1 nitrogen and oxygen atoms in total. The summed E-state index contributed by atoms with van der Waals surface area (Å²) < 4.78 is 0. The van der Waals surface area contributed by atoms with E-state index >= 15 is 0 Å². The van der Waals surface area contributed by atoms with E-state index in [1.54, 1.807) is 0 Å². The van der Waals surface area contributed by atoms with Crippen LogP contribution in [-0.4, -0.2) is 5.11 Å². The molecule has 12 heavy (non-hydrogen) atoms. The molecule has 0 bridgehead atoms. The fourth-order valence-electron chi connectivity index (χ4n) is 1.23. The summed E-state index contributed by atoms with van der Waals surface area (Å²) in [7, 11) is 0. The van der Waals surface area contributed by atoms with Crippen LogP contribution in [0, 0.1) is 12.0 Å². The molecule has 0 heterocycles. The Labute approximate surface area is 76.2 Å². The molecule has 0 amide bonds. The van der Waals surface area contributed by atoms with E-state index in [4.69, 9.17) is 5.11 Å². The first-order valence-corrected chi connectivity index (χ1v) is 5.03. The Kier molecular flexibility index (Phi) is 9.81. The van der Waals surface area contributed by atoms with Crippen molar-refractivity contribution < 1.29 is 5.11 Å². The van der Waals surface area contributed by atoms with Gasteiger partial charge in [-0.25, -0.2) is 0 Å². The predicted octanol–water partition coefficient (Wildman–Crippen LogP) is 3.46. The Morgan fingerprint density at radius 3 is 2.08 bits per heavy atom. The van der Waals surface area contributed by atoms with Gasteiger partial charge in [0.2, 0.25) is 0 Å². The lowest BCUT2D eigenvalue weighted by Gasteiger charge is -1.97. The lowest BCUT2D eigenvalue weighted by molar-refractivity contribution is 0.515. The molecule has 0 radical (unpaired) electrons. The van der Waals surface area contributed by atoms with Crippen molar-refractivity contribution in [1.82, 2.24) is 0 Å². The first kappa shape index (κ1) is 11.4. The van der Waals surface area contributed by atoms with Crippen LogP contribution in [0.25, 0.3) is 0 Å². The van der Waals surface area contributed by atoms with E-state index in [1.165, 1.54) is 38.5 Å². The summed E-state index contributed by atoms with van der Waals surface area (Å²) >= 11 is 0. The molecule has 1 heteroatoms. The van der Waals surface area contributed by atoms with Crippen molar-refractivity contribution in [2.24, 2.45) is 0 Å². The molecule has 0 rings (SSSR count). The first-order valence-electron chi connectivity index (χ1n) is 5.03. The van der Waals surface area contributed by atoms with Gasteiger partial charge < -0.3 is 5.11 Å². The van der Waals surface area contributed by atoms with E-state index in [2.05, 4.69) is 12.8 Å². The number of rotatable bonds is 7. The predicted molar refractivity (Wildman–Crippen MR) is 52.3 cm³/mol. The van der Waals surface area contributed by atoms with Crippen LogP contribution in [0.3, 0.4) is 0 Å². The minimum Gasteiger partial charge on any atom is -0.462 e. The van der Waals surface area contributed by atoms with E-state index in [0.29, 0.717) is 0 Å². The average molecular weight is 168 g/mol. The second-order valence-electron chi connectivity index (χ2n) is 3.16. The Morgan fingerprint density at radius 2 is 1.50 bits per heavy atom. The van der Waals surface area contributed by atoms with Crippen LogP contribution >= 0.6 is 0 Å². The molecule has 0 aliphatic carbocycles. The molecule has 0 aliphatic rings. The largest absolute Gasteiger partial charge is 0.462 e. The van der Waals surface area contributed by atoms with Gasteiger partial charge in [-0.1, -0.05) is 51.4 Å². The molecule has 0 atom stereocenters. The van der Waals surface area contributed by atoms with Gasteiger partial charge in [0.15, 0.2) is 0 Å². The van der Waals surface area contributed by atoms with Gasteiger partial charge in [-0.2, -0.15) is 0 Å². The zero-order chi connectivity index (χ0) is 9.07. The van der Waals surface area contributed by atoms with Crippen molar-refractivity contribution in [3.63, 3.8) is 0 Å². The lowest BCUT2D eigenvalue weighted by Crippen LogP contribution is -1.78. The number of hydrogen-bond acceptors (Lipinski definition) is 1. The van der Waals surface area contributed by atoms with Gasteiger partial charge in [-0.15, -0.1) is 0 Å². The third-order valence-corrected chi connectivity index (χ3v) is 1.98. The van der Waals surface area contributed by atoms with Crippen LogP contribution in [0.5, 0.6) is 0 Å². The monoisotopic (exact) mass is 168 g/mol. The molecule has 0 aromatic heterocycles. The average Bonchev–Trinajstić information content (AvgIpc) is 2.10. The molecular formula is C11H20O. The highest BCUT2D eigenvalue weighted by Crippen LogP contribution is 2.07. The summed E-state index contributed by atoms with van der Waals surface area (Å²) in [6.45, 7) is 2.23. The maximum atomic E-state index is 8.18. The molecule has 70 valence electrons. The smallest absolute Gasteiger partial charge is 0.107 e. The van der Waals surface area contributed by atoms with Gasteiger partial charge in [-0.3, -0.25) is 0 Å². The van der Waals surface area contributed by atoms with Crippen molar-refractivity contribution >= 4 is 0 Å². The molecule has 0 unspecified atom stereocenters. The van der Waals surface area contributed by atoms with E-state index in [9.17, 15) is 0 Å². The highest BCUT2D eigenvalue weighted by atomic mass is 16.2. The van der Waals surface area contributed by atoms with Crippen LogP contribution in [0.2, 0.25) is 0 Å². The normalized spacial score (nSPS) is 9.08. The maximum absolute atomic E-state index is 8.18. The van der Waals surface area contributed by atoms with Crippen LogP contribution in [0.15, 0.2) is 0 Å². The lowest BCUT2D eigenvalue weighted by atomic mass is 10.1. The van der Waals surface area contributed by atoms with Crippen molar-refractivity contribution in [3.8, 4) is 12.0 Å². The highest BCUT2D eigenvalue weighted by molar-refractivity contribution is 4.88. The van der Waals surface area contributed by atoms with Gasteiger partial charge in [0.05, 0.1) is 0 Å². The summed E-state index contributed by atoms with van der Waals surface area (Å²) in [6, 6.07) is 0. The Bertz CT molecular complexity index is 130. The standard InChI is InChI=1S/C11H20O/c1-2-3-4-5-6-7-8-9-10-11-12/h12H,2-9H2,1H3. The van der Waals surface area contributed by atoms with Crippen LogP contribution in [-0.2, 0) is 0 Å². The summed E-state index contributed by atoms with van der Waals surface area (Å²) in [5.74, 6) is 2.66. The molecule has 0 saturated carbocycles. The molecule has 0 saturated heterocycles. The molecule has 0 aromatic rings. The van der Waals surface area contributed by atoms with E-state index in [1.807, 2.05) is 6.11 Å². The van der Waals surface area contributed by atoms with Gasteiger partial charge in [0, 0.05) is 6.42 Å². The molecular weight excluding hydrogens is 148 g/mol. The second-order valence-corrected chi connectivity index (χ2v) is 3.16.